The Morgan fingerprint density at radius 1 is 1.24 bits per heavy atom. The lowest BCUT2D eigenvalue weighted by Crippen LogP contribution is -2.36. The van der Waals surface area contributed by atoms with E-state index in [2.05, 4.69) is 12.2 Å². The molecular formula is C23H28N2O4. The van der Waals surface area contributed by atoms with Crippen LogP contribution >= 0.6 is 0 Å². The fourth-order valence-electron chi connectivity index (χ4n) is 3.59. The van der Waals surface area contributed by atoms with Crippen molar-refractivity contribution in [3.8, 4) is 11.5 Å². The third kappa shape index (κ3) is 4.36. The Hall–Kier alpha value is -3.02. The Morgan fingerprint density at radius 2 is 2.03 bits per heavy atom. The maximum atomic E-state index is 13.1. The molecule has 2 aromatic rings. The number of unbranched alkanes of at least 4 members (excludes halogenated alkanes) is 1. The van der Waals surface area contributed by atoms with Crippen LogP contribution in [0.4, 0.5) is 5.69 Å². The first kappa shape index (κ1) is 20.7. The predicted octanol–water partition coefficient (Wildman–Crippen LogP) is 3.91. The van der Waals surface area contributed by atoms with Gasteiger partial charge in [-0.2, -0.15) is 0 Å². The zero-order valence-corrected chi connectivity index (χ0v) is 17.5. The summed E-state index contributed by atoms with van der Waals surface area (Å²) in [5, 5.41) is 2.78. The van der Waals surface area contributed by atoms with Gasteiger partial charge >= 0.3 is 0 Å². The third-order valence-corrected chi connectivity index (χ3v) is 4.99. The third-order valence-electron chi connectivity index (χ3n) is 4.99. The Kier molecular flexibility index (Phi) is 6.42. The molecule has 1 N–H and O–H groups in total. The van der Waals surface area contributed by atoms with E-state index in [-0.39, 0.29) is 11.8 Å². The number of aryl methyl sites for hydroxylation is 1. The van der Waals surface area contributed by atoms with Gasteiger partial charge in [-0.3, -0.25) is 9.59 Å². The number of methoxy groups -OCH3 is 1. The molecule has 0 saturated heterocycles. The minimum atomic E-state index is -0.669. The van der Waals surface area contributed by atoms with Crippen molar-refractivity contribution >= 4 is 17.5 Å². The van der Waals surface area contributed by atoms with E-state index in [1.807, 2.05) is 43.3 Å². The Balaban J connectivity index is 1.93. The van der Waals surface area contributed by atoms with Crippen molar-refractivity contribution in [3.63, 3.8) is 0 Å². The van der Waals surface area contributed by atoms with Crippen LogP contribution in [0.2, 0.25) is 0 Å². The predicted molar refractivity (Wildman–Crippen MR) is 112 cm³/mol. The maximum Gasteiger partial charge on any atom is 0.254 e. The van der Waals surface area contributed by atoms with Crippen LogP contribution in [-0.4, -0.2) is 25.5 Å². The summed E-state index contributed by atoms with van der Waals surface area (Å²) >= 11 is 0. The van der Waals surface area contributed by atoms with Gasteiger partial charge in [-0.1, -0.05) is 43.2 Å². The minimum Gasteiger partial charge on any atom is -0.493 e. The van der Waals surface area contributed by atoms with Crippen molar-refractivity contribution in [2.24, 2.45) is 0 Å². The summed E-state index contributed by atoms with van der Waals surface area (Å²) in [7, 11) is 1.61. The number of carbonyl (C=O) groups excluding carboxylic acids is 2. The Morgan fingerprint density at radius 3 is 2.72 bits per heavy atom. The van der Waals surface area contributed by atoms with Gasteiger partial charge in [0.15, 0.2) is 11.5 Å². The van der Waals surface area contributed by atoms with Crippen LogP contribution in [0.25, 0.3) is 0 Å². The first-order valence-electron chi connectivity index (χ1n) is 9.94. The number of hydrogen-bond donors (Lipinski definition) is 1. The van der Waals surface area contributed by atoms with Gasteiger partial charge in [0.25, 0.3) is 5.91 Å². The van der Waals surface area contributed by atoms with Gasteiger partial charge in [0.2, 0.25) is 5.91 Å². The van der Waals surface area contributed by atoms with E-state index in [1.54, 1.807) is 12.0 Å². The second kappa shape index (κ2) is 8.99. The van der Waals surface area contributed by atoms with E-state index in [1.165, 1.54) is 6.92 Å². The van der Waals surface area contributed by atoms with Gasteiger partial charge in [0.1, 0.15) is 6.04 Å². The van der Waals surface area contributed by atoms with Gasteiger partial charge in [0, 0.05) is 23.7 Å². The van der Waals surface area contributed by atoms with Gasteiger partial charge in [-0.05, 0) is 25.5 Å². The topological polar surface area (TPSA) is 67.9 Å². The molecule has 1 aliphatic heterocycles. The molecule has 1 heterocycles. The molecule has 0 aromatic heterocycles. The van der Waals surface area contributed by atoms with E-state index in [4.69, 9.17) is 9.47 Å². The lowest BCUT2D eigenvalue weighted by atomic mass is 10.1. The Bertz CT molecular complexity index is 910. The molecule has 0 aliphatic carbocycles. The lowest BCUT2D eigenvalue weighted by Gasteiger charge is -2.21. The lowest BCUT2D eigenvalue weighted by molar-refractivity contribution is -0.126. The molecule has 1 aliphatic rings. The smallest absolute Gasteiger partial charge is 0.254 e. The van der Waals surface area contributed by atoms with Gasteiger partial charge < -0.3 is 19.7 Å². The molecule has 6 nitrogen and oxygen atoms in total. The Labute approximate surface area is 171 Å². The number of hydrogen-bond acceptors (Lipinski definition) is 4. The van der Waals surface area contributed by atoms with E-state index >= 15 is 0 Å². The minimum absolute atomic E-state index is 0.153. The van der Waals surface area contributed by atoms with Crippen molar-refractivity contribution in [2.75, 3.05) is 18.6 Å². The first-order chi connectivity index (χ1) is 14.0. The number of rotatable bonds is 8. The molecule has 0 bridgehead atoms. The molecule has 0 spiro atoms. The van der Waals surface area contributed by atoms with Crippen LogP contribution < -0.4 is 19.7 Å². The molecule has 3 rings (SSSR count). The number of ether oxygens (including phenoxy) is 2. The molecule has 2 amide bonds. The molecule has 0 radical (unpaired) electrons. The first-order valence-corrected chi connectivity index (χ1v) is 9.94. The van der Waals surface area contributed by atoms with E-state index in [9.17, 15) is 9.59 Å². The number of fused-ring (bicyclic) bond motifs is 1. The summed E-state index contributed by atoms with van der Waals surface area (Å²) in [5.74, 6) is 0.919. The summed E-state index contributed by atoms with van der Waals surface area (Å²) in [6.45, 7) is 6.45. The molecule has 2 aromatic carbocycles. The van der Waals surface area contributed by atoms with Crippen LogP contribution in [0.3, 0.4) is 0 Å². The standard InChI is InChI=1S/C23H28N2O4/c1-5-6-12-29-20-9-7-8-17(22(20)28-4)14-25-19-11-10-15(2)13-18(19)21(23(25)27)24-16(3)26/h7-11,13,21H,5-6,12,14H2,1-4H3,(H,24,26)/t21-/m1/s1. The summed E-state index contributed by atoms with van der Waals surface area (Å²) in [6, 6.07) is 10.9. The fourth-order valence-corrected chi connectivity index (χ4v) is 3.59. The number of nitrogens with one attached hydrogen (secondary N) is 1. The monoisotopic (exact) mass is 396 g/mol. The van der Waals surface area contributed by atoms with Crippen molar-refractivity contribution < 1.29 is 19.1 Å². The normalized spacial score (nSPS) is 15.2. The van der Waals surface area contributed by atoms with Gasteiger partial charge in [0.05, 0.1) is 20.3 Å². The summed E-state index contributed by atoms with van der Waals surface area (Å²) in [6.07, 6.45) is 2.01. The van der Waals surface area contributed by atoms with Crippen LogP contribution in [0.5, 0.6) is 11.5 Å². The van der Waals surface area contributed by atoms with Crippen LogP contribution in [0, 0.1) is 6.92 Å². The fraction of sp³-hybridized carbons (Fsp3) is 0.391. The highest BCUT2D eigenvalue weighted by molar-refractivity contribution is 6.06. The highest BCUT2D eigenvalue weighted by Gasteiger charge is 2.38. The molecule has 1 atom stereocenters. The number of anilines is 1. The largest absolute Gasteiger partial charge is 0.493 e. The van der Waals surface area contributed by atoms with Gasteiger partial charge in [-0.15, -0.1) is 0 Å². The maximum absolute atomic E-state index is 13.1. The highest BCUT2D eigenvalue weighted by Crippen LogP contribution is 2.40. The van der Waals surface area contributed by atoms with E-state index < -0.39 is 6.04 Å². The second-order valence-corrected chi connectivity index (χ2v) is 7.27. The second-order valence-electron chi connectivity index (χ2n) is 7.27. The number of para-hydroxylation sites is 1. The molecule has 29 heavy (non-hydrogen) atoms. The highest BCUT2D eigenvalue weighted by atomic mass is 16.5. The van der Waals surface area contributed by atoms with Crippen molar-refractivity contribution in [2.45, 2.75) is 46.2 Å². The number of nitrogens with zero attached hydrogens (tertiary/aromatic N) is 1. The summed E-state index contributed by atoms with van der Waals surface area (Å²) in [4.78, 5) is 26.5. The quantitative estimate of drug-likeness (QED) is 0.687. The molecule has 154 valence electrons. The van der Waals surface area contributed by atoms with Crippen LogP contribution in [0.15, 0.2) is 36.4 Å². The molecular weight excluding hydrogens is 368 g/mol. The van der Waals surface area contributed by atoms with Crippen molar-refractivity contribution in [1.82, 2.24) is 5.32 Å². The van der Waals surface area contributed by atoms with Crippen molar-refractivity contribution in [3.05, 3.63) is 53.1 Å². The zero-order valence-electron chi connectivity index (χ0n) is 17.5. The number of benzene rings is 2. The zero-order chi connectivity index (χ0) is 21.0. The SMILES string of the molecule is CCCCOc1cccc(CN2C(=O)[C@H](NC(C)=O)c3cc(C)ccc32)c1OC. The molecule has 6 heteroatoms. The number of amides is 2. The average molecular weight is 396 g/mol. The van der Waals surface area contributed by atoms with Gasteiger partial charge in [-0.25, -0.2) is 0 Å². The van der Waals surface area contributed by atoms with Crippen molar-refractivity contribution in [1.29, 1.82) is 0 Å². The molecule has 0 unspecified atom stereocenters. The van der Waals surface area contributed by atoms with Crippen LogP contribution in [0.1, 0.15) is 49.4 Å². The van der Waals surface area contributed by atoms with Crippen LogP contribution in [-0.2, 0) is 16.1 Å². The summed E-state index contributed by atoms with van der Waals surface area (Å²) in [5.41, 5.74) is 3.51. The molecule has 0 saturated carbocycles. The summed E-state index contributed by atoms with van der Waals surface area (Å²) < 4.78 is 11.5. The van der Waals surface area contributed by atoms with E-state index in [0.717, 1.165) is 35.2 Å². The number of carbonyl (C=O) groups is 2. The van der Waals surface area contributed by atoms with E-state index in [0.29, 0.717) is 24.7 Å². The molecule has 0 fully saturated rings. The average Bonchev–Trinajstić information content (AvgIpc) is 2.93.